The highest BCUT2D eigenvalue weighted by atomic mass is 79.9. The largest absolute Gasteiger partial charge is 0.373 e. The molecule has 2 unspecified atom stereocenters. The van der Waals surface area contributed by atoms with Crippen LogP contribution in [-0.4, -0.2) is 6.61 Å². The molecule has 0 radical (unpaired) electrons. The van der Waals surface area contributed by atoms with Gasteiger partial charge in [-0.3, -0.25) is 0 Å². The van der Waals surface area contributed by atoms with Crippen molar-refractivity contribution < 1.29 is 4.74 Å². The molecule has 3 heteroatoms. The topological polar surface area (TPSA) is 33.0 Å². The summed E-state index contributed by atoms with van der Waals surface area (Å²) in [5.74, 6) is 0.141. The van der Waals surface area contributed by atoms with Gasteiger partial charge in [-0.2, -0.15) is 5.26 Å². The zero-order chi connectivity index (χ0) is 11.4. The molecule has 2 rings (SSSR count). The Bertz CT molecular complexity index is 399. The maximum Gasteiger partial charge on any atom is 0.0840 e. The molecule has 1 fully saturated rings. The molecule has 1 heterocycles. The van der Waals surface area contributed by atoms with Gasteiger partial charge in [-0.15, -0.1) is 0 Å². The van der Waals surface area contributed by atoms with Crippen molar-refractivity contribution >= 4 is 15.9 Å². The van der Waals surface area contributed by atoms with Crippen molar-refractivity contribution in [2.24, 2.45) is 5.92 Å². The quantitative estimate of drug-likeness (QED) is 0.776. The predicted molar refractivity (Wildman–Crippen MR) is 66.1 cm³/mol. The second kappa shape index (κ2) is 5.47. The van der Waals surface area contributed by atoms with Gasteiger partial charge in [0.05, 0.1) is 18.1 Å². The average Bonchev–Trinajstić information content (AvgIpc) is 2.38. The summed E-state index contributed by atoms with van der Waals surface area (Å²) in [7, 11) is 0. The summed E-state index contributed by atoms with van der Waals surface area (Å²) in [6.45, 7) is 0.694. The number of ether oxygens (including phenoxy) is 1. The summed E-state index contributed by atoms with van der Waals surface area (Å²) in [5, 5.41) is 9.80. The molecule has 2 nitrogen and oxygen atoms in total. The van der Waals surface area contributed by atoms with Crippen LogP contribution in [0.4, 0.5) is 0 Å². The maximum atomic E-state index is 8.97. The van der Waals surface area contributed by atoms with E-state index in [0.717, 1.165) is 18.2 Å². The van der Waals surface area contributed by atoms with E-state index in [4.69, 9.17) is 10.00 Å². The van der Waals surface area contributed by atoms with Crippen LogP contribution in [0.15, 0.2) is 24.3 Å². The fourth-order valence-corrected chi connectivity index (χ4v) is 2.61. The molecule has 16 heavy (non-hydrogen) atoms. The molecule has 1 aliphatic rings. The van der Waals surface area contributed by atoms with E-state index in [0.29, 0.717) is 6.61 Å². The van der Waals surface area contributed by atoms with Gasteiger partial charge in [0.15, 0.2) is 0 Å². The first-order chi connectivity index (χ1) is 7.85. The molecule has 0 N–H and O–H groups in total. The Hall–Kier alpha value is -0.850. The van der Waals surface area contributed by atoms with Crippen LogP contribution >= 0.6 is 15.9 Å². The van der Waals surface area contributed by atoms with Crippen LogP contribution in [0.25, 0.3) is 0 Å². The minimum atomic E-state index is 0.0900. The molecule has 1 aromatic rings. The van der Waals surface area contributed by atoms with E-state index in [1.54, 1.807) is 0 Å². The first kappa shape index (κ1) is 11.6. The van der Waals surface area contributed by atoms with E-state index in [9.17, 15) is 0 Å². The number of halogens is 1. The lowest BCUT2D eigenvalue weighted by Gasteiger charge is -2.27. The lowest BCUT2D eigenvalue weighted by Crippen LogP contribution is -2.19. The van der Waals surface area contributed by atoms with Gasteiger partial charge in [-0.05, 0) is 24.0 Å². The zero-order valence-electron chi connectivity index (χ0n) is 9.03. The molecule has 1 aromatic carbocycles. The molecule has 0 spiro atoms. The van der Waals surface area contributed by atoms with E-state index in [1.165, 1.54) is 11.1 Å². The molecule has 0 bridgehead atoms. The van der Waals surface area contributed by atoms with Gasteiger partial charge in [-0.25, -0.2) is 0 Å². The molecule has 0 aromatic heterocycles. The third kappa shape index (κ3) is 2.45. The summed E-state index contributed by atoms with van der Waals surface area (Å²) in [6.07, 6.45) is 1.77. The number of nitriles is 1. The molecule has 0 amide bonds. The van der Waals surface area contributed by atoms with E-state index < -0.39 is 0 Å². The molecule has 0 saturated carbocycles. The fraction of sp³-hybridized carbons (Fsp3) is 0.462. The smallest absolute Gasteiger partial charge is 0.0840 e. The summed E-state index contributed by atoms with van der Waals surface area (Å²) in [5.41, 5.74) is 2.48. The maximum absolute atomic E-state index is 8.97. The minimum Gasteiger partial charge on any atom is -0.373 e. The van der Waals surface area contributed by atoms with Crippen molar-refractivity contribution in [3.05, 3.63) is 35.4 Å². The number of hydrogen-bond acceptors (Lipinski definition) is 2. The van der Waals surface area contributed by atoms with Crippen molar-refractivity contribution in [1.82, 2.24) is 0 Å². The van der Waals surface area contributed by atoms with E-state index in [1.807, 2.05) is 12.1 Å². The number of hydrogen-bond donors (Lipinski definition) is 0. The lowest BCUT2D eigenvalue weighted by molar-refractivity contribution is 0.000339. The Morgan fingerprint density at radius 1 is 1.44 bits per heavy atom. The second-order valence-electron chi connectivity index (χ2n) is 4.04. The molecular formula is C13H14BrNO. The van der Waals surface area contributed by atoms with Crippen LogP contribution in [0.1, 0.15) is 30.1 Å². The van der Waals surface area contributed by atoms with Crippen molar-refractivity contribution in [3.63, 3.8) is 0 Å². The molecule has 0 aliphatic carbocycles. The summed E-state index contributed by atoms with van der Waals surface area (Å²) in [6, 6.07) is 10.6. The van der Waals surface area contributed by atoms with Gasteiger partial charge in [0.25, 0.3) is 0 Å². The normalized spacial score (nSPS) is 25.0. The lowest BCUT2D eigenvalue weighted by atomic mass is 9.91. The average molecular weight is 280 g/mol. The van der Waals surface area contributed by atoms with E-state index in [-0.39, 0.29) is 12.0 Å². The van der Waals surface area contributed by atoms with E-state index in [2.05, 4.69) is 34.1 Å². The summed E-state index contributed by atoms with van der Waals surface area (Å²) < 4.78 is 5.77. The Morgan fingerprint density at radius 2 is 2.25 bits per heavy atom. The molecule has 1 aliphatic heterocycles. The number of alkyl halides is 1. The van der Waals surface area contributed by atoms with Crippen molar-refractivity contribution in [2.75, 3.05) is 6.61 Å². The standard InChI is InChI=1S/C13H14BrNO/c14-8-11-3-1-2-4-12(11)13-7-10(9-15)5-6-16-13/h1-4,10,13H,5-8H2. The Labute approximate surface area is 104 Å². The highest BCUT2D eigenvalue weighted by molar-refractivity contribution is 9.08. The molecular weight excluding hydrogens is 266 g/mol. The number of rotatable bonds is 2. The predicted octanol–water partition coefficient (Wildman–Crippen LogP) is 3.57. The van der Waals surface area contributed by atoms with Crippen molar-refractivity contribution in [2.45, 2.75) is 24.3 Å². The minimum absolute atomic E-state index is 0.0900. The monoisotopic (exact) mass is 279 g/mol. The van der Waals surface area contributed by atoms with Gasteiger partial charge in [-0.1, -0.05) is 40.2 Å². The highest BCUT2D eigenvalue weighted by Crippen LogP contribution is 2.33. The van der Waals surface area contributed by atoms with Crippen LogP contribution in [0, 0.1) is 17.2 Å². The Kier molecular flexibility index (Phi) is 3.98. The molecule has 1 saturated heterocycles. The van der Waals surface area contributed by atoms with Crippen molar-refractivity contribution in [1.29, 1.82) is 5.26 Å². The Morgan fingerprint density at radius 3 is 3.00 bits per heavy atom. The van der Waals surface area contributed by atoms with Crippen LogP contribution < -0.4 is 0 Å². The summed E-state index contributed by atoms with van der Waals surface area (Å²) >= 11 is 3.49. The van der Waals surface area contributed by atoms with Crippen LogP contribution in [-0.2, 0) is 10.1 Å². The highest BCUT2D eigenvalue weighted by Gasteiger charge is 2.24. The van der Waals surface area contributed by atoms with Crippen molar-refractivity contribution in [3.8, 4) is 6.07 Å². The third-order valence-corrected chi connectivity index (χ3v) is 3.62. The van der Waals surface area contributed by atoms with Crippen LogP contribution in [0.3, 0.4) is 0 Å². The summed E-state index contributed by atoms with van der Waals surface area (Å²) in [4.78, 5) is 0. The van der Waals surface area contributed by atoms with Gasteiger partial charge < -0.3 is 4.74 Å². The Balaban J connectivity index is 2.20. The fourth-order valence-electron chi connectivity index (χ4n) is 2.10. The SMILES string of the molecule is N#CC1CCOC(c2ccccc2CBr)C1. The number of nitrogens with zero attached hydrogens (tertiary/aromatic N) is 1. The van der Waals surface area contributed by atoms with Gasteiger partial charge in [0.1, 0.15) is 0 Å². The van der Waals surface area contributed by atoms with Gasteiger partial charge in [0.2, 0.25) is 0 Å². The van der Waals surface area contributed by atoms with Crippen LogP contribution in [0.5, 0.6) is 0 Å². The van der Waals surface area contributed by atoms with Crippen LogP contribution in [0.2, 0.25) is 0 Å². The number of benzene rings is 1. The zero-order valence-corrected chi connectivity index (χ0v) is 10.6. The molecule has 2 atom stereocenters. The first-order valence-corrected chi connectivity index (χ1v) is 6.62. The third-order valence-electron chi connectivity index (χ3n) is 3.01. The van der Waals surface area contributed by atoms with E-state index >= 15 is 0 Å². The second-order valence-corrected chi connectivity index (χ2v) is 4.60. The van der Waals surface area contributed by atoms with Gasteiger partial charge >= 0.3 is 0 Å². The molecule has 84 valence electrons. The first-order valence-electron chi connectivity index (χ1n) is 5.50. The van der Waals surface area contributed by atoms with Gasteiger partial charge in [0, 0.05) is 11.9 Å².